The Morgan fingerprint density at radius 2 is 1.72 bits per heavy atom. The summed E-state index contributed by atoms with van der Waals surface area (Å²) in [5.41, 5.74) is 2.33. The summed E-state index contributed by atoms with van der Waals surface area (Å²) in [6, 6.07) is 5.92. The van der Waals surface area contributed by atoms with Crippen molar-refractivity contribution in [3.8, 4) is 11.4 Å². The summed E-state index contributed by atoms with van der Waals surface area (Å²) in [5.74, 6) is 1.76. The van der Waals surface area contributed by atoms with E-state index in [0.29, 0.717) is 5.41 Å². The van der Waals surface area contributed by atoms with Crippen LogP contribution in [0.1, 0.15) is 33.1 Å². The minimum Gasteiger partial charge on any atom is -0.356 e. The van der Waals surface area contributed by atoms with Crippen molar-refractivity contribution in [1.29, 1.82) is 0 Å². The Hall–Kier alpha value is -2.56. The van der Waals surface area contributed by atoms with Gasteiger partial charge in [-0.25, -0.2) is 9.97 Å². The fraction of sp³-hybridized carbons (Fsp3) is 0.400. The van der Waals surface area contributed by atoms with Gasteiger partial charge in [-0.15, -0.1) is 0 Å². The maximum absolute atomic E-state index is 4.93. The molecule has 4 heterocycles. The molecule has 128 valence electrons. The summed E-state index contributed by atoms with van der Waals surface area (Å²) in [7, 11) is 0. The molecule has 1 saturated heterocycles. The number of nitrogens with zero attached hydrogens (tertiary/aromatic N) is 5. The molecule has 3 aromatic heterocycles. The normalized spacial score (nSPS) is 17.0. The highest BCUT2D eigenvalue weighted by molar-refractivity contribution is 5.90. The first kappa shape index (κ1) is 15.9. The summed E-state index contributed by atoms with van der Waals surface area (Å²) in [4.78, 5) is 20.4. The highest BCUT2D eigenvalue weighted by atomic mass is 15.2. The van der Waals surface area contributed by atoms with E-state index >= 15 is 0 Å². The highest BCUT2D eigenvalue weighted by Gasteiger charge is 2.29. The smallest absolute Gasteiger partial charge is 0.162 e. The first-order chi connectivity index (χ1) is 12.2. The molecule has 1 fully saturated rings. The van der Waals surface area contributed by atoms with Crippen molar-refractivity contribution in [3.05, 3.63) is 43.0 Å². The largest absolute Gasteiger partial charge is 0.356 e. The van der Waals surface area contributed by atoms with Crippen LogP contribution >= 0.6 is 0 Å². The standard InChI is InChI=1S/C20H23N5/c1-3-20(2)7-12-25(13-8-20)19-16-6-11-22-14-17(16)23-18(24-19)15-4-9-21-10-5-15/h4-6,9-11,14H,3,7-8,12-13H2,1-2H3. The number of fused-ring (bicyclic) bond motifs is 1. The molecule has 0 unspecified atom stereocenters. The van der Waals surface area contributed by atoms with Crippen LogP contribution in [0.3, 0.4) is 0 Å². The van der Waals surface area contributed by atoms with Gasteiger partial charge >= 0.3 is 0 Å². The molecule has 5 nitrogen and oxygen atoms in total. The number of piperidine rings is 1. The van der Waals surface area contributed by atoms with Crippen molar-refractivity contribution in [1.82, 2.24) is 19.9 Å². The molecular weight excluding hydrogens is 310 g/mol. The maximum atomic E-state index is 4.93. The van der Waals surface area contributed by atoms with Crippen molar-refractivity contribution in [3.63, 3.8) is 0 Å². The van der Waals surface area contributed by atoms with Crippen molar-refractivity contribution < 1.29 is 0 Å². The number of aromatic nitrogens is 4. The van der Waals surface area contributed by atoms with Gasteiger partial charge in [0.2, 0.25) is 0 Å². The number of hydrogen-bond acceptors (Lipinski definition) is 5. The zero-order valence-electron chi connectivity index (χ0n) is 14.8. The molecule has 0 aromatic carbocycles. The van der Waals surface area contributed by atoms with Crippen LogP contribution in [0.5, 0.6) is 0 Å². The second-order valence-corrected chi connectivity index (χ2v) is 7.15. The van der Waals surface area contributed by atoms with Crippen molar-refractivity contribution in [2.45, 2.75) is 33.1 Å². The Kier molecular flexibility index (Phi) is 4.07. The molecule has 5 heteroatoms. The number of anilines is 1. The van der Waals surface area contributed by atoms with Crippen molar-refractivity contribution in [2.75, 3.05) is 18.0 Å². The van der Waals surface area contributed by atoms with E-state index < -0.39 is 0 Å². The highest BCUT2D eigenvalue weighted by Crippen LogP contribution is 2.37. The van der Waals surface area contributed by atoms with Gasteiger partial charge in [-0.3, -0.25) is 9.97 Å². The molecule has 0 N–H and O–H groups in total. The summed E-state index contributed by atoms with van der Waals surface area (Å²) in [5, 5.41) is 1.08. The average molecular weight is 333 g/mol. The Morgan fingerprint density at radius 3 is 2.44 bits per heavy atom. The molecule has 1 aliphatic heterocycles. The van der Waals surface area contributed by atoms with E-state index in [0.717, 1.165) is 41.2 Å². The molecule has 0 atom stereocenters. The van der Waals surface area contributed by atoms with Crippen LogP contribution < -0.4 is 4.90 Å². The van der Waals surface area contributed by atoms with Gasteiger partial charge in [0.25, 0.3) is 0 Å². The fourth-order valence-electron chi connectivity index (χ4n) is 3.45. The van der Waals surface area contributed by atoms with Crippen LogP contribution in [0, 0.1) is 5.41 Å². The lowest BCUT2D eigenvalue weighted by atomic mass is 9.78. The van der Waals surface area contributed by atoms with E-state index in [1.165, 1.54) is 19.3 Å². The topological polar surface area (TPSA) is 54.8 Å². The number of hydrogen-bond donors (Lipinski definition) is 0. The first-order valence-corrected chi connectivity index (χ1v) is 8.96. The zero-order valence-corrected chi connectivity index (χ0v) is 14.8. The van der Waals surface area contributed by atoms with Crippen LogP contribution in [0.2, 0.25) is 0 Å². The molecule has 3 aromatic rings. The van der Waals surface area contributed by atoms with E-state index in [1.54, 1.807) is 12.4 Å². The SMILES string of the molecule is CCC1(C)CCN(c2nc(-c3ccncc3)nc3cnccc23)CC1. The Balaban J connectivity index is 1.77. The van der Waals surface area contributed by atoms with Crippen LogP contribution in [-0.2, 0) is 0 Å². The van der Waals surface area contributed by atoms with Gasteiger partial charge in [0.15, 0.2) is 5.82 Å². The third kappa shape index (κ3) is 3.06. The minimum absolute atomic E-state index is 0.453. The third-order valence-electron chi connectivity index (χ3n) is 5.54. The molecular formula is C20H23N5. The number of rotatable bonds is 3. The van der Waals surface area contributed by atoms with E-state index in [4.69, 9.17) is 9.97 Å². The van der Waals surface area contributed by atoms with Gasteiger partial charge in [0.1, 0.15) is 5.82 Å². The maximum Gasteiger partial charge on any atom is 0.162 e. The predicted octanol–water partition coefficient (Wildman–Crippen LogP) is 4.10. The van der Waals surface area contributed by atoms with Crippen LogP contribution in [0.25, 0.3) is 22.3 Å². The molecule has 4 rings (SSSR count). The van der Waals surface area contributed by atoms with Crippen molar-refractivity contribution >= 4 is 16.7 Å². The molecule has 0 radical (unpaired) electrons. The van der Waals surface area contributed by atoms with Gasteiger partial charge in [-0.05, 0) is 36.5 Å². The predicted molar refractivity (Wildman–Crippen MR) is 100 cm³/mol. The summed E-state index contributed by atoms with van der Waals surface area (Å²) >= 11 is 0. The van der Waals surface area contributed by atoms with Gasteiger partial charge in [-0.2, -0.15) is 0 Å². The van der Waals surface area contributed by atoms with Gasteiger partial charge in [-0.1, -0.05) is 20.3 Å². The molecule has 0 saturated carbocycles. The lowest BCUT2D eigenvalue weighted by Gasteiger charge is -2.39. The van der Waals surface area contributed by atoms with E-state index in [-0.39, 0.29) is 0 Å². The molecule has 1 aliphatic rings. The van der Waals surface area contributed by atoms with Gasteiger partial charge in [0, 0.05) is 42.6 Å². The first-order valence-electron chi connectivity index (χ1n) is 8.96. The Bertz CT molecular complexity index is 870. The van der Waals surface area contributed by atoms with Crippen molar-refractivity contribution in [2.24, 2.45) is 5.41 Å². The second-order valence-electron chi connectivity index (χ2n) is 7.15. The molecule has 0 bridgehead atoms. The van der Waals surface area contributed by atoms with E-state index in [2.05, 4.69) is 28.7 Å². The van der Waals surface area contributed by atoms with E-state index in [1.807, 2.05) is 30.6 Å². The summed E-state index contributed by atoms with van der Waals surface area (Å²) in [6.45, 7) is 6.76. The fourth-order valence-corrected chi connectivity index (χ4v) is 3.45. The quantitative estimate of drug-likeness (QED) is 0.722. The second kappa shape index (κ2) is 6.39. The van der Waals surface area contributed by atoms with Gasteiger partial charge in [0.05, 0.1) is 11.7 Å². The third-order valence-corrected chi connectivity index (χ3v) is 5.54. The Labute approximate surface area is 148 Å². The van der Waals surface area contributed by atoms with E-state index in [9.17, 15) is 0 Å². The molecule has 25 heavy (non-hydrogen) atoms. The average Bonchev–Trinajstić information content (AvgIpc) is 2.68. The molecule has 0 spiro atoms. The van der Waals surface area contributed by atoms with Crippen LogP contribution in [0.15, 0.2) is 43.0 Å². The van der Waals surface area contributed by atoms with Crippen LogP contribution in [0.4, 0.5) is 5.82 Å². The molecule has 0 amide bonds. The Morgan fingerprint density at radius 1 is 1.00 bits per heavy atom. The lowest BCUT2D eigenvalue weighted by molar-refractivity contribution is 0.238. The molecule has 0 aliphatic carbocycles. The lowest BCUT2D eigenvalue weighted by Crippen LogP contribution is -2.39. The monoisotopic (exact) mass is 333 g/mol. The number of pyridine rings is 2. The minimum atomic E-state index is 0.453. The summed E-state index contributed by atoms with van der Waals surface area (Å²) < 4.78 is 0. The van der Waals surface area contributed by atoms with Gasteiger partial charge < -0.3 is 4.90 Å². The zero-order chi connectivity index (χ0) is 17.3. The summed E-state index contributed by atoms with van der Waals surface area (Å²) in [6.07, 6.45) is 10.8. The van der Waals surface area contributed by atoms with Crippen LogP contribution in [-0.4, -0.2) is 33.0 Å².